The van der Waals surface area contributed by atoms with Crippen LogP contribution in [0.2, 0.25) is 0 Å². The van der Waals surface area contributed by atoms with E-state index in [0.29, 0.717) is 5.82 Å². The summed E-state index contributed by atoms with van der Waals surface area (Å²) in [7, 11) is 0. The first-order valence-corrected chi connectivity index (χ1v) is 7.16. The summed E-state index contributed by atoms with van der Waals surface area (Å²) in [6, 6.07) is 4.06. The number of hydrogen-bond acceptors (Lipinski definition) is 5. The normalized spacial score (nSPS) is 12.4. The summed E-state index contributed by atoms with van der Waals surface area (Å²) >= 11 is 3.27. The van der Waals surface area contributed by atoms with Gasteiger partial charge in [0.05, 0.1) is 0 Å². The number of aromatic nitrogens is 1. The predicted octanol–water partition coefficient (Wildman–Crippen LogP) is 1.89. The molecule has 0 bridgehead atoms. The quantitative estimate of drug-likeness (QED) is 0.523. The van der Waals surface area contributed by atoms with Crippen molar-refractivity contribution in [2.24, 2.45) is 5.92 Å². The lowest BCUT2D eigenvalue weighted by Gasteiger charge is -2.17. The molecule has 1 atom stereocenters. The second kappa shape index (κ2) is 8.14. The molecule has 8 heteroatoms. The molecule has 1 heterocycles. The molecule has 7 nitrogen and oxygen atoms in total. The molecule has 0 aliphatic heterocycles. The minimum absolute atomic E-state index is 0.242. The highest BCUT2D eigenvalue weighted by Gasteiger charge is 2.24. The van der Waals surface area contributed by atoms with Gasteiger partial charge in [-0.2, -0.15) is 5.26 Å². The molecule has 0 aromatic carbocycles. The van der Waals surface area contributed by atoms with Crippen molar-refractivity contribution in [1.29, 1.82) is 5.26 Å². The van der Waals surface area contributed by atoms with Gasteiger partial charge < -0.3 is 15.7 Å². The van der Waals surface area contributed by atoms with E-state index in [0.717, 1.165) is 4.47 Å². The molecule has 0 fully saturated rings. The van der Waals surface area contributed by atoms with E-state index in [1.165, 1.54) is 6.20 Å². The zero-order valence-electron chi connectivity index (χ0n) is 12.0. The van der Waals surface area contributed by atoms with Crippen LogP contribution >= 0.6 is 15.9 Å². The largest absolute Gasteiger partial charge is 0.480 e. The maximum absolute atomic E-state index is 11.9. The van der Waals surface area contributed by atoms with Gasteiger partial charge in [-0.1, -0.05) is 29.8 Å². The van der Waals surface area contributed by atoms with Gasteiger partial charge >= 0.3 is 5.97 Å². The number of aliphatic carboxylic acids is 1. The highest BCUT2D eigenvalue weighted by Crippen LogP contribution is 2.13. The Hall–Kier alpha value is -2.40. The second-order valence-corrected chi connectivity index (χ2v) is 5.62. The number of carboxylic acids is 1. The van der Waals surface area contributed by atoms with Crippen molar-refractivity contribution in [2.75, 3.05) is 5.32 Å². The van der Waals surface area contributed by atoms with Crippen LogP contribution in [0.4, 0.5) is 5.82 Å². The molecule has 116 valence electrons. The van der Waals surface area contributed by atoms with Crippen molar-refractivity contribution >= 4 is 33.6 Å². The summed E-state index contributed by atoms with van der Waals surface area (Å²) in [6.07, 6.45) is 2.73. The summed E-state index contributed by atoms with van der Waals surface area (Å²) < 4.78 is 0.784. The molecule has 1 aromatic rings. The smallest absolute Gasteiger partial charge is 0.326 e. The summed E-state index contributed by atoms with van der Waals surface area (Å²) in [5.41, 5.74) is -0.242. The predicted molar refractivity (Wildman–Crippen MR) is 83.7 cm³/mol. The van der Waals surface area contributed by atoms with Crippen LogP contribution < -0.4 is 10.6 Å². The van der Waals surface area contributed by atoms with Crippen LogP contribution in [0.3, 0.4) is 0 Å². The van der Waals surface area contributed by atoms with Crippen molar-refractivity contribution in [2.45, 2.75) is 19.9 Å². The molecule has 22 heavy (non-hydrogen) atoms. The van der Waals surface area contributed by atoms with Gasteiger partial charge in [-0.25, -0.2) is 9.78 Å². The van der Waals surface area contributed by atoms with E-state index in [2.05, 4.69) is 31.5 Å². The fourth-order valence-corrected chi connectivity index (χ4v) is 1.85. The molecule has 0 saturated heterocycles. The topological polar surface area (TPSA) is 115 Å². The van der Waals surface area contributed by atoms with Gasteiger partial charge in [0.2, 0.25) is 0 Å². The number of nitrogens with one attached hydrogen (secondary N) is 2. The minimum Gasteiger partial charge on any atom is -0.480 e. The maximum atomic E-state index is 11.9. The van der Waals surface area contributed by atoms with Gasteiger partial charge in [0.15, 0.2) is 0 Å². The van der Waals surface area contributed by atoms with Gasteiger partial charge in [-0.3, -0.25) is 4.79 Å². The second-order valence-electron chi connectivity index (χ2n) is 4.71. The van der Waals surface area contributed by atoms with Crippen molar-refractivity contribution < 1.29 is 14.7 Å². The highest BCUT2D eigenvalue weighted by molar-refractivity contribution is 9.10. The molecule has 1 unspecified atom stereocenters. The van der Waals surface area contributed by atoms with Crippen molar-refractivity contribution in [3.8, 4) is 6.07 Å². The summed E-state index contributed by atoms with van der Waals surface area (Å²) in [5.74, 6) is -1.77. The average molecular weight is 367 g/mol. The van der Waals surface area contributed by atoms with E-state index in [1.54, 1.807) is 38.2 Å². The lowest BCUT2D eigenvalue weighted by molar-refractivity contribution is -0.142. The van der Waals surface area contributed by atoms with E-state index in [4.69, 9.17) is 10.4 Å². The number of rotatable bonds is 6. The molecule has 0 spiro atoms. The van der Waals surface area contributed by atoms with Gasteiger partial charge in [0.25, 0.3) is 5.91 Å². The Kier molecular flexibility index (Phi) is 6.53. The Balaban J connectivity index is 2.82. The fraction of sp³-hybridized carbons (Fsp3) is 0.286. The molecule has 3 N–H and O–H groups in total. The third-order valence-corrected chi connectivity index (χ3v) is 3.16. The number of carbonyl (C=O) groups is 2. The summed E-state index contributed by atoms with van der Waals surface area (Å²) in [4.78, 5) is 27.0. The van der Waals surface area contributed by atoms with Crippen LogP contribution in [0.25, 0.3) is 0 Å². The monoisotopic (exact) mass is 366 g/mol. The number of carbonyl (C=O) groups excluding carboxylic acids is 1. The number of amides is 1. The number of nitrogens with zero attached hydrogens (tertiary/aromatic N) is 2. The molecule has 1 rings (SSSR count). The Bertz CT molecular complexity index is 637. The number of halogens is 1. The van der Waals surface area contributed by atoms with E-state index in [-0.39, 0.29) is 11.5 Å². The van der Waals surface area contributed by atoms with Crippen LogP contribution in [0.1, 0.15) is 13.8 Å². The van der Waals surface area contributed by atoms with Crippen LogP contribution in [0.5, 0.6) is 0 Å². The highest BCUT2D eigenvalue weighted by atomic mass is 79.9. The van der Waals surface area contributed by atoms with Crippen molar-refractivity contribution in [1.82, 2.24) is 10.3 Å². The van der Waals surface area contributed by atoms with E-state index >= 15 is 0 Å². The Morgan fingerprint density at radius 3 is 2.68 bits per heavy atom. The molecule has 0 aliphatic rings. The number of anilines is 1. The summed E-state index contributed by atoms with van der Waals surface area (Å²) in [5, 5.41) is 23.1. The Morgan fingerprint density at radius 1 is 1.50 bits per heavy atom. The third-order valence-electron chi connectivity index (χ3n) is 2.67. The van der Waals surface area contributed by atoms with Gasteiger partial charge in [-0.05, 0) is 18.1 Å². The Labute approximate surface area is 136 Å². The van der Waals surface area contributed by atoms with E-state index < -0.39 is 17.9 Å². The number of nitriles is 1. The minimum atomic E-state index is -1.15. The first-order chi connectivity index (χ1) is 10.3. The fourth-order valence-electron chi connectivity index (χ4n) is 1.51. The summed E-state index contributed by atoms with van der Waals surface area (Å²) in [6.45, 7) is 3.33. The zero-order valence-corrected chi connectivity index (χ0v) is 13.6. The van der Waals surface area contributed by atoms with Gasteiger partial charge in [0.1, 0.15) is 23.5 Å². The van der Waals surface area contributed by atoms with Crippen LogP contribution in [-0.4, -0.2) is 28.0 Å². The Morgan fingerprint density at radius 2 is 2.18 bits per heavy atom. The van der Waals surface area contributed by atoms with Crippen molar-refractivity contribution in [3.63, 3.8) is 0 Å². The molecule has 0 aliphatic carbocycles. The third kappa shape index (κ3) is 5.18. The maximum Gasteiger partial charge on any atom is 0.326 e. The number of hydrogen-bond donors (Lipinski definition) is 3. The van der Waals surface area contributed by atoms with Crippen LogP contribution in [0, 0.1) is 17.2 Å². The molecule has 1 aromatic heterocycles. The van der Waals surface area contributed by atoms with E-state index in [1.807, 2.05) is 0 Å². The van der Waals surface area contributed by atoms with Gasteiger partial charge in [0, 0.05) is 16.9 Å². The molecule has 0 saturated carbocycles. The standard InChI is InChI=1S/C14H15BrN4O3/c1-8(2)12(14(21)22)19-13(20)9(6-16)7-18-11-5-10(15)3-4-17-11/h3-5,7-8,12H,1-2H3,(H,17,18)(H,19,20)(H,21,22)/b9-7-. The average Bonchev–Trinajstić information content (AvgIpc) is 2.44. The SMILES string of the molecule is CC(C)C(NC(=O)/C(C#N)=C\Nc1cc(Br)ccn1)C(=O)O. The number of carboxylic acid groups (broad SMARTS) is 1. The van der Waals surface area contributed by atoms with E-state index in [9.17, 15) is 9.59 Å². The molecular weight excluding hydrogens is 352 g/mol. The first kappa shape index (κ1) is 17.7. The lowest BCUT2D eigenvalue weighted by atomic mass is 10.0. The zero-order chi connectivity index (χ0) is 16.7. The lowest BCUT2D eigenvalue weighted by Crippen LogP contribution is -2.44. The molecule has 0 radical (unpaired) electrons. The molecule has 1 amide bonds. The molecular formula is C14H15BrN4O3. The van der Waals surface area contributed by atoms with Crippen LogP contribution in [-0.2, 0) is 9.59 Å². The van der Waals surface area contributed by atoms with Crippen molar-refractivity contribution in [3.05, 3.63) is 34.6 Å². The first-order valence-electron chi connectivity index (χ1n) is 6.37. The number of pyridine rings is 1. The van der Waals surface area contributed by atoms with Gasteiger partial charge in [-0.15, -0.1) is 0 Å². The van der Waals surface area contributed by atoms with Crippen LogP contribution in [0.15, 0.2) is 34.6 Å².